The molecule has 0 spiro atoms. The molecular formula is C16H30N2O2. The van der Waals surface area contributed by atoms with Crippen molar-refractivity contribution in [2.75, 3.05) is 13.1 Å². The number of carbonyl (C=O) groups is 1. The number of alkyl carbamates (subject to hydrolysis) is 1. The van der Waals surface area contributed by atoms with Gasteiger partial charge in [-0.3, -0.25) is 0 Å². The zero-order valence-corrected chi connectivity index (χ0v) is 13.4. The maximum absolute atomic E-state index is 11.8. The minimum Gasteiger partial charge on any atom is -0.444 e. The Hall–Kier alpha value is -0.770. The Bertz CT molecular complexity index is 334. The standard InChI is InChI=1S/C16H30N2O2/c1-12(17-15(19)20-16(2,3)4)13-7-6-10-18(11-13)14-8-5-9-14/h12-14H,5-11H2,1-4H3,(H,17,19)/t12-,13+/m0/s1. The van der Waals surface area contributed by atoms with Crippen LogP contribution in [0, 0.1) is 5.92 Å². The minimum atomic E-state index is -0.422. The summed E-state index contributed by atoms with van der Waals surface area (Å²) in [5.74, 6) is 0.553. The first-order valence-corrected chi connectivity index (χ1v) is 8.09. The average molecular weight is 282 g/mol. The summed E-state index contributed by atoms with van der Waals surface area (Å²) >= 11 is 0. The molecule has 2 fully saturated rings. The Labute approximate surface area is 123 Å². The third-order valence-electron chi connectivity index (χ3n) is 4.53. The molecule has 0 radical (unpaired) electrons. The van der Waals surface area contributed by atoms with E-state index in [1.165, 1.54) is 38.6 Å². The van der Waals surface area contributed by atoms with E-state index in [9.17, 15) is 4.79 Å². The molecule has 1 saturated carbocycles. The zero-order valence-electron chi connectivity index (χ0n) is 13.4. The first kappa shape index (κ1) is 15.6. The molecule has 2 rings (SSSR count). The molecule has 1 saturated heterocycles. The first-order chi connectivity index (χ1) is 9.35. The van der Waals surface area contributed by atoms with Gasteiger partial charge < -0.3 is 15.0 Å². The van der Waals surface area contributed by atoms with Crippen LogP contribution in [0.5, 0.6) is 0 Å². The summed E-state index contributed by atoms with van der Waals surface area (Å²) in [6.45, 7) is 10.2. The Balaban J connectivity index is 1.79. The van der Waals surface area contributed by atoms with Crippen LogP contribution in [0.15, 0.2) is 0 Å². The summed E-state index contributed by atoms with van der Waals surface area (Å²) < 4.78 is 5.34. The number of nitrogens with one attached hydrogen (secondary N) is 1. The van der Waals surface area contributed by atoms with Crippen LogP contribution in [0.1, 0.15) is 59.8 Å². The maximum atomic E-state index is 11.8. The highest BCUT2D eigenvalue weighted by Crippen LogP contribution is 2.30. The van der Waals surface area contributed by atoms with Gasteiger partial charge in [0.1, 0.15) is 5.60 Å². The molecule has 2 atom stereocenters. The maximum Gasteiger partial charge on any atom is 0.407 e. The second kappa shape index (κ2) is 6.33. The van der Waals surface area contributed by atoms with Gasteiger partial charge in [-0.2, -0.15) is 0 Å². The van der Waals surface area contributed by atoms with Crippen molar-refractivity contribution in [3.63, 3.8) is 0 Å². The highest BCUT2D eigenvalue weighted by molar-refractivity contribution is 5.68. The molecule has 0 aromatic heterocycles. The first-order valence-electron chi connectivity index (χ1n) is 8.09. The van der Waals surface area contributed by atoms with E-state index in [1.54, 1.807) is 0 Å². The van der Waals surface area contributed by atoms with Gasteiger partial charge in [0.25, 0.3) is 0 Å². The molecule has 4 heteroatoms. The zero-order chi connectivity index (χ0) is 14.8. The molecule has 20 heavy (non-hydrogen) atoms. The van der Waals surface area contributed by atoms with Gasteiger partial charge in [-0.15, -0.1) is 0 Å². The minimum absolute atomic E-state index is 0.188. The summed E-state index contributed by atoms with van der Waals surface area (Å²) in [6.07, 6.45) is 6.28. The smallest absolute Gasteiger partial charge is 0.407 e. The summed E-state index contributed by atoms with van der Waals surface area (Å²) in [6, 6.07) is 0.999. The summed E-state index contributed by atoms with van der Waals surface area (Å²) in [4.78, 5) is 14.5. The van der Waals surface area contributed by atoms with E-state index in [4.69, 9.17) is 4.74 Å². The number of carbonyl (C=O) groups excluding carboxylic acids is 1. The second-order valence-corrected chi connectivity index (χ2v) is 7.42. The normalized spacial score (nSPS) is 26.7. The number of likely N-dealkylation sites (tertiary alicyclic amines) is 1. The molecule has 0 aromatic carbocycles. The number of hydrogen-bond donors (Lipinski definition) is 1. The number of hydrogen-bond acceptors (Lipinski definition) is 3. The molecular weight excluding hydrogens is 252 g/mol. The fourth-order valence-corrected chi connectivity index (χ4v) is 3.14. The molecule has 116 valence electrons. The largest absolute Gasteiger partial charge is 0.444 e. The molecule has 1 N–H and O–H groups in total. The van der Waals surface area contributed by atoms with E-state index < -0.39 is 5.60 Å². The quantitative estimate of drug-likeness (QED) is 0.864. The predicted molar refractivity (Wildman–Crippen MR) is 80.8 cm³/mol. The van der Waals surface area contributed by atoms with Crippen LogP contribution >= 0.6 is 0 Å². The van der Waals surface area contributed by atoms with Gasteiger partial charge in [0.15, 0.2) is 0 Å². The van der Waals surface area contributed by atoms with E-state index in [0.29, 0.717) is 5.92 Å². The Morgan fingerprint density at radius 3 is 2.50 bits per heavy atom. The number of piperidine rings is 1. The molecule has 0 unspecified atom stereocenters. The molecule has 0 aromatic rings. The van der Waals surface area contributed by atoms with Crippen LogP contribution in [-0.2, 0) is 4.74 Å². The van der Waals surface area contributed by atoms with Crippen molar-refractivity contribution in [1.82, 2.24) is 10.2 Å². The third-order valence-corrected chi connectivity index (χ3v) is 4.53. The highest BCUT2D eigenvalue weighted by atomic mass is 16.6. The number of amides is 1. The van der Waals surface area contributed by atoms with Gasteiger partial charge >= 0.3 is 6.09 Å². The molecule has 0 bridgehead atoms. The van der Waals surface area contributed by atoms with Crippen LogP contribution in [0.3, 0.4) is 0 Å². The van der Waals surface area contributed by atoms with E-state index >= 15 is 0 Å². The number of ether oxygens (including phenoxy) is 1. The SMILES string of the molecule is C[C@H](NC(=O)OC(C)(C)C)[C@@H]1CCCN(C2CCC2)C1. The Morgan fingerprint density at radius 2 is 1.95 bits per heavy atom. The van der Waals surface area contributed by atoms with Crippen LogP contribution in [0.2, 0.25) is 0 Å². The highest BCUT2D eigenvalue weighted by Gasteiger charge is 2.32. The van der Waals surface area contributed by atoms with Gasteiger partial charge in [-0.25, -0.2) is 4.79 Å². The van der Waals surface area contributed by atoms with E-state index in [1.807, 2.05) is 20.8 Å². The fraction of sp³-hybridized carbons (Fsp3) is 0.938. The lowest BCUT2D eigenvalue weighted by Crippen LogP contribution is -2.51. The van der Waals surface area contributed by atoms with E-state index in [-0.39, 0.29) is 12.1 Å². The van der Waals surface area contributed by atoms with Crippen LogP contribution in [0.25, 0.3) is 0 Å². The van der Waals surface area contributed by atoms with Crippen molar-refractivity contribution >= 4 is 6.09 Å². The van der Waals surface area contributed by atoms with Crippen molar-refractivity contribution in [1.29, 1.82) is 0 Å². The van der Waals surface area contributed by atoms with Gasteiger partial charge in [0.2, 0.25) is 0 Å². The number of rotatable bonds is 3. The molecule has 1 amide bonds. The van der Waals surface area contributed by atoms with Crippen molar-refractivity contribution in [3.8, 4) is 0 Å². The van der Waals surface area contributed by atoms with Crippen molar-refractivity contribution in [2.24, 2.45) is 5.92 Å². The topological polar surface area (TPSA) is 41.6 Å². The second-order valence-electron chi connectivity index (χ2n) is 7.42. The fourth-order valence-electron chi connectivity index (χ4n) is 3.14. The molecule has 1 heterocycles. The molecule has 1 aliphatic carbocycles. The Kier molecular flexibility index (Phi) is 4.95. The molecule has 4 nitrogen and oxygen atoms in total. The van der Waals surface area contributed by atoms with Crippen LogP contribution in [0.4, 0.5) is 4.79 Å². The summed E-state index contributed by atoms with van der Waals surface area (Å²) in [5, 5.41) is 3.01. The van der Waals surface area contributed by atoms with Crippen molar-refractivity contribution in [3.05, 3.63) is 0 Å². The predicted octanol–water partition coefficient (Wildman–Crippen LogP) is 3.16. The third kappa shape index (κ3) is 4.37. The van der Waals surface area contributed by atoms with Gasteiger partial charge in [0.05, 0.1) is 0 Å². The lowest BCUT2D eigenvalue weighted by molar-refractivity contribution is 0.0410. The lowest BCUT2D eigenvalue weighted by Gasteiger charge is -2.43. The van der Waals surface area contributed by atoms with Crippen molar-refractivity contribution in [2.45, 2.75) is 77.5 Å². The Morgan fingerprint density at radius 1 is 1.25 bits per heavy atom. The average Bonchev–Trinajstić information content (AvgIpc) is 2.24. The van der Waals surface area contributed by atoms with Gasteiger partial charge in [0, 0.05) is 18.6 Å². The summed E-state index contributed by atoms with van der Waals surface area (Å²) in [7, 11) is 0. The van der Waals surface area contributed by atoms with Gasteiger partial charge in [-0.05, 0) is 65.8 Å². The van der Waals surface area contributed by atoms with Crippen molar-refractivity contribution < 1.29 is 9.53 Å². The van der Waals surface area contributed by atoms with Gasteiger partial charge in [-0.1, -0.05) is 6.42 Å². The molecule has 1 aliphatic heterocycles. The van der Waals surface area contributed by atoms with E-state index in [0.717, 1.165) is 12.6 Å². The lowest BCUT2D eigenvalue weighted by atomic mass is 9.86. The van der Waals surface area contributed by atoms with E-state index in [2.05, 4.69) is 17.1 Å². The van der Waals surface area contributed by atoms with Crippen LogP contribution in [-0.4, -0.2) is 41.8 Å². The monoisotopic (exact) mass is 282 g/mol. The summed E-state index contributed by atoms with van der Waals surface area (Å²) in [5.41, 5.74) is -0.422. The molecule has 2 aliphatic rings. The van der Waals surface area contributed by atoms with Crippen LogP contribution < -0.4 is 5.32 Å². The number of nitrogens with zero attached hydrogens (tertiary/aromatic N) is 1.